The van der Waals surface area contributed by atoms with Gasteiger partial charge in [0.05, 0.1) is 0 Å². The molecular formula is C16H16Br2. The fourth-order valence-electron chi connectivity index (χ4n) is 1.84. The van der Waals surface area contributed by atoms with Gasteiger partial charge < -0.3 is 0 Å². The van der Waals surface area contributed by atoms with Gasteiger partial charge in [-0.1, -0.05) is 51.1 Å². The Kier molecular flexibility index (Phi) is 3.98. The first kappa shape index (κ1) is 13.8. The van der Waals surface area contributed by atoms with Gasteiger partial charge in [-0.05, 0) is 66.1 Å². The van der Waals surface area contributed by atoms with Gasteiger partial charge in [0.2, 0.25) is 0 Å². The molecule has 0 nitrogen and oxygen atoms in total. The molecule has 2 rings (SSSR count). The van der Waals surface area contributed by atoms with E-state index < -0.39 is 0 Å². The number of hydrogen-bond acceptors (Lipinski definition) is 0. The lowest BCUT2D eigenvalue weighted by Crippen LogP contribution is -2.10. The van der Waals surface area contributed by atoms with Crippen LogP contribution < -0.4 is 0 Å². The molecule has 2 aromatic carbocycles. The molecule has 0 bridgehead atoms. The summed E-state index contributed by atoms with van der Waals surface area (Å²) in [5.41, 5.74) is 4.04. The van der Waals surface area contributed by atoms with E-state index in [0.29, 0.717) is 0 Å². The molecule has 0 heterocycles. The molecule has 94 valence electrons. The van der Waals surface area contributed by atoms with Gasteiger partial charge in [-0.25, -0.2) is 0 Å². The van der Waals surface area contributed by atoms with Gasteiger partial charge in [0.1, 0.15) is 0 Å². The molecule has 0 aliphatic rings. The molecular weight excluding hydrogens is 352 g/mol. The summed E-state index contributed by atoms with van der Waals surface area (Å²) in [6.45, 7) is 6.70. The summed E-state index contributed by atoms with van der Waals surface area (Å²) in [6, 6.07) is 15.1. The second kappa shape index (κ2) is 5.18. The highest BCUT2D eigenvalue weighted by Gasteiger charge is 2.13. The minimum atomic E-state index is 0.207. The Morgan fingerprint density at radius 3 is 1.78 bits per heavy atom. The van der Waals surface area contributed by atoms with Crippen LogP contribution in [0.2, 0.25) is 0 Å². The van der Waals surface area contributed by atoms with Crippen LogP contribution in [0.3, 0.4) is 0 Å². The van der Waals surface area contributed by atoms with E-state index in [1.165, 1.54) is 16.7 Å². The Labute approximate surface area is 126 Å². The average Bonchev–Trinajstić information content (AvgIpc) is 2.32. The van der Waals surface area contributed by atoms with E-state index in [-0.39, 0.29) is 5.41 Å². The first-order chi connectivity index (χ1) is 8.38. The molecule has 18 heavy (non-hydrogen) atoms. The summed E-state index contributed by atoms with van der Waals surface area (Å²) in [5, 5.41) is 0. The fraction of sp³-hybridized carbons (Fsp3) is 0.250. The van der Waals surface area contributed by atoms with Crippen LogP contribution in [-0.2, 0) is 5.41 Å². The molecule has 0 amide bonds. The zero-order chi connectivity index (χ0) is 13.3. The fourth-order valence-corrected chi connectivity index (χ4v) is 2.46. The van der Waals surface area contributed by atoms with E-state index in [2.05, 4.69) is 95.1 Å². The van der Waals surface area contributed by atoms with E-state index in [4.69, 9.17) is 0 Å². The predicted molar refractivity (Wildman–Crippen MR) is 86.0 cm³/mol. The van der Waals surface area contributed by atoms with Crippen LogP contribution in [0.15, 0.2) is 51.4 Å². The molecule has 0 aliphatic heterocycles. The average molecular weight is 368 g/mol. The van der Waals surface area contributed by atoms with Crippen molar-refractivity contribution in [3.8, 4) is 11.1 Å². The van der Waals surface area contributed by atoms with Crippen molar-refractivity contribution in [3.05, 3.63) is 57.0 Å². The minimum Gasteiger partial charge on any atom is -0.0579 e. The van der Waals surface area contributed by atoms with Crippen LogP contribution in [0.4, 0.5) is 0 Å². The molecule has 0 atom stereocenters. The molecule has 0 unspecified atom stereocenters. The van der Waals surface area contributed by atoms with Crippen molar-refractivity contribution in [1.29, 1.82) is 0 Å². The van der Waals surface area contributed by atoms with E-state index in [1.54, 1.807) is 0 Å². The molecule has 2 heteroatoms. The Hall–Kier alpha value is -0.600. The number of halogens is 2. The highest BCUT2D eigenvalue weighted by Crippen LogP contribution is 2.30. The Morgan fingerprint density at radius 2 is 1.28 bits per heavy atom. The third-order valence-electron chi connectivity index (χ3n) is 3.00. The standard InChI is InChI=1S/C16H16Br2/c1-16(2,3)13-7-4-11(5-8-13)12-6-9-14(17)15(18)10-12/h4-10H,1-3H3. The highest BCUT2D eigenvalue weighted by molar-refractivity contribution is 9.13. The zero-order valence-corrected chi connectivity index (χ0v) is 14.0. The van der Waals surface area contributed by atoms with Crippen LogP contribution in [0.25, 0.3) is 11.1 Å². The lowest BCUT2D eigenvalue weighted by Gasteiger charge is -2.19. The van der Waals surface area contributed by atoms with Crippen molar-refractivity contribution < 1.29 is 0 Å². The molecule has 0 N–H and O–H groups in total. The van der Waals surface area contributed by atoms with E-state index >= 15 is 0 Å². The lowest BCUT2D eigenvalue weighted by atomic mass is 9.86. The number of hydrogen-bond donors (Lipinski definition) is 0. The van der Waals surface area contributed by atoms with Crippen molar-refractivity contribution >= 4 is 31.9 Å². The lowest BCUT2D eigenvalue weighted by molar-refractivity contribution is 0.590. The van der Waals surface area contributed by atoms with Crippen molar-refractivity contribution in [3.63, 3.8) is 0 Å². The Bertz CT molecular complexity index is 548. The quantitative estimate of drug-likeness (QED) is 0.564. The first-order valence-electron chi connectivity index (χ1n) is 5.94. The molecule has 0 aromatic heterocycles. The maximum atomic E-state index is 3.54. The molecule has 0 saturated heterocycles. The Morgan fingerprint density at radius 1 is 0.722 bits per heavy atom. The van der Waals surface area contributed by atoms with E-state index in [0.717, 1.165) is 8.95 Å². The van der Waals surface area contributed by atoms with Crippen LogP contribution in [0.1, 0.15) is 26.3 Å². The molecule has 0 fully saturated rings. The second-order valence-corrected chi connectivity index (χ2v) is 7.16. The van der Waals surface area contributed by atoms with Gasteiger partial charge in [0, 0.05) is 8.95 Å². The van der Waals surface area contributed by atoms with E-state index in [9.17, 15) is 0 Å². The van der Waals surface area contributed by atoms with Gasteiger partial charge in [-0.2, -0.15) is 0 Å². The van der Waals surface area contributed by atoms with Crippen molar-refractivity contribution in [2.45, 2.75) is 26.2 Å². The van der Waals surface area contributed by atoms with Crippen molar-refractivity contribution in [1.82, 2.24) is 0 Å². The maximum Gasteiger partial charge on any atom is 0.0323 e. The van der Waals surface area contributed by atoms with E-state index in [1.807, 2.05) is 0 Å². The summed E-state index contributed by atoms with van der Waals surface area (Å²) < 4.78 is 2.16. The third kappa shape index (κ3) is 3.04. The summed E-state index contributed by atoms with van der Waals surface area (Å²) in [4.78, 5) is 0. The maximum absolute atomic E-state index is 3.54. The number of rotatable bonds is 1. The van der Waals surface area contributed by atoms with Crippen LogP contribution in [0, 0.1) is 0 Å². The minimum absolute atomic E-state index is 0.207. The molecule has 0 saturated carbocycles. The zero-order valence-electron chi connectivity index (χ0n) is 10.8. The van der Waals surface area contributed by atoms with Crippen LogP contribution in [-0.4, -0.2) is 0 Å². The Balaban J connectivity index is 2.37. The van der Waals surface area contributed by atoms with Gasteiger partial charge in [0.25, 0.3) is 0 Å². The van der Waals surface area contributed by atoms with Crippen molar-refractivity contribution in [2.24, 2.45) is 0 Å². The molecule has 0 aliphatic carbocycles. The topological polar surface area (TPSA) is 0 Å². The van der Waals surface area contributed by atoms with Gasteiger partial charge in [-0.3, -0.25) is 0 Å². The monoisotopic (exact) mass is 366 g/mol. The van der Waals surface area contributed by atoms with Gasteiger partial charge >= 0.3 is 0 Å². The number of benzene rings is 2. The van der Waals surface area contributed by atoms with Crippen LogP contribution in [0.5, 0.6) is 0 Å². The molecule has 0 radical (unpaired) electrons. The molecule has 0 spiro atoms. The normalized spacial score (nSPS) is 11.6. The van der Waals surface area contributed by atoms with Crippen LogP contribution >= 0.6 is 31.9 Å². The summed E-state index contributed by atoms with van der Waals surface area (Å²) >= 11 is 7.04. The first-order valence-corrected chi connectivity index (χ1v) is 7.52. The van der Waals surface area contributed by atoms with Gasteiger partial charge in [-0.15, -0.1) is 0 Å². The van der Waals surface area contributed by atoms with Crippen molar-refractivity contribution in [2.75, 3.05) is 0 Å². The third-order valence-corrected chi connectivity index (χ3v) is 4.88. The SMILES string of the molecule is CC(C)(C)c1ccc(-c2ccc(Br)c(Br)c2)cc1. The predicted octanol–water partition coefficient (Wildman–Crippen LogP) is 6.18. The smallest absolute Gasteiger partial charge is 0.0323 e. The highest BCUT2D eigenvalue weighted by atomic mass is 79.9. The largest absolute Gasteiger partial charge is 0.0579 e. The molecule has 2 aromatic rings. The summed E-state index contributed by atoms with van der Waals surface area (Å²) in [5.74, 6) is 0. The summed E-state index contributed by atoms with van der Waals surface area (Å²) in [7, 11) is 0. The second-order valence-electron chi connectivity index (χ2n) is 5.46. The summed E-state index contributed by atoms with van der Waals surface area (Å²) in [6.07, 6.45) is 0. The van der Waals surface area contributed by atoms with Gasteiger partial charge in [0.15, 0.2) is 0 Å².